The maximum absolute atomic E-state index is 13.4. The zero-order valence-electron chi connectivity index (χ0n) is 15.0. The van der Waals surface area contributed by atoms with Gasteiger partial charge in [-0.15, -0.1) is 0 Å². The average molecular weight is 396 g/mol. The maximum atomic E-state index is 13.4. The Balaban J connectivity index is 1.86. The molecule has 0 aromatic heterocycles. The van der Waals surface area contributed by atoms with Crippen LogP contribution in [0.5, 0.6) is 11.5 Å². The highest BCUT2D eigenvalue weighted by Crippen LogP contribution is 2.18. The van der Waals surface area contributed by atoms with Crippen LogP contribution in [0, 0.1) is 5.82 Å². The second kappa shape index (κ2) is 9.22. The third kappa shape index (κ3) is 6.45. The van der Waals surface area contributed by atoms with Gasteiger partial charge in [0.2, 0.25) is 15.9 Å². The standard InChI is InChI=1S/C18H21FN2O5S/c1-25-16-6-8-17(9-7-16)26-11-10-20-18(22)13-21(27(2,23)24)15-5-3-4-14(19)12-15/h3-9,12H,10-11,13H2,1-2H3,(H,20,22). The van der Waals surface area contributed by atoms with Crippen LogP contribution in [0.25, 0.3) is 0 Å². The van der Waals surface area contributed by atoms with Gasteiger partial charge in [-0.1, -0.05) is 6.07 Å². The molecular formula is C18H21FN2O5S. The van der Waals surface area contributed by atoms with Gasteiger partial charge in [0.15, 0.2) is 0 Å². The van der Waals surface area contributed by atoms with Crippen molar-refractivity contribution in [2.24, 2.45) is 0 Å². The Morgan fingerprint density at radius 1 is 1.15 bits per heavy atom. The Morgan fingerprint density at radius 2 is 1.81 bits per heavy atom. The van der Waals surface area contributed by atoms with E-state index in [1.807, 2.05) is 0 Å². The van der Waals surface area contributed by atoms with Crippen molar-refractivity contribution in [3.8, 4) is 11.5 Å². The van der Waals surface area contributed by atoms with Gasteiger partial charge >= 0.3 is 0 Å². The number of rotatable bonds is 9. The van der Waals surface area contributed by atoms with E-state index in [0.717, 1.165) is 16.6 Å². The van der Waals surface area contributed by atoms with E-state index >= 15 is 0 Å². The quantitative estimate of drug-likeness (QED) is 0.654. The number of anilines is 1. The first-order valence-corrected chi connectivity index (χ1v) is 9.91. The van der Waals surface area contributed by atoms with Crippen LogP contribution in [0.15, 0.2) is 48.5 Å². The lowest BCUT2D eigenvalue weighted by Crippen LogP contribution is -2.41. The van der Waals surface area contributed by atoms with Gasteiger partial charge in [-0.3, -0.25) is 9.10 Å². The molecule has 1 amide bonds. The second-order valence-corrected chi connectivity index (χ2v) is 7.53. The van der Waals surface area contributed by atoms with E-state index < -0.39 is 28.3 Å². The van der Waals surface area contributed by atoms with Crippen LogP contribution in [-0.4, -0.2) is 47.4 Å². The van der Waals surface area contributed by atoms with Crippen LogP contribution in [0.2, 0.25) is 0 Å². The fourth-order valence-electron chi connectivity index (χ4n) is 2.25. The third-order valence-electron chi connectivity index (χ3n) is 3.54. The summed E-state index contributed by atoms with van der Waals surface area (Å²) in [7, 11) is -2.18. The average Bonchev–Trinajstić information content (AvgIpc) is 2.63. The summed E-state index contributed by atoms with van der Waals surface area (Å²) in [6.45, 7) is -0.0622. The fourth-order valence-corrected chi connectivity index (χ4v) is 3.10. The first kappa shape index (κ1) is 20.5. The van der Waals surface area contributed by atoms with Gasteiger partial charge in [0.1, 0.15) is 30.5 Å². The fraction of sp³-hybridized carbons (Fsp3) is 0.278. The third-order valence-corrected chi connectivity index (χ3v) is 4.68. The second-order valence-electron chi connectivity index (χ2n) is 5.62. The zero-order chi connectivity index (χ0) is 19.9. The molecule has 2 rings (SSSR count). The van der Waals surface area contributed by atoms with Crippen molar-refractivity contribution < 1.29 is 27.1 Å². The lowest BCUT2D eigenvalue weighted by molar-refractivity contribution is -0.119. The van der Waals surface area contributed by atoms with Crippen molar-refractivity contribution >= 4 is 21.6 Å². The number of ether oxygens (including phenoxy) is 2. The molecular weight excluding hydrogens is 375 g/mol. The molecule has 0 saturated carbocycles. The number of nitrogens with zero attached hydrogens (tertiary/aromatic N) is 1. The molecule has 146 valence electrons. The number of carbonyl (C=O) groups excluding carboxylic acids is 1. The number of nitrogens with one attached hydrogen (secondary N) is 1. The molecule has 0 radical (unpaired) electrons. The van der Waals surface area contributed by atoms with Gasteiger partial charge in [0, 0.05) is 0 Å². The normalized spacial score (nSPS) is 10.9. The smallest absolute Gasteiger partial charge is 0.240 e. The minimum atomic E-state index is -3.75. The number of sulfonamides is 1. The molecule has 7 nitrogen and oxygen atoms in total. The molecule has 0 aliphatic carbocycles. The number of amides is 1. The van der Waals surface area contributed by atoms with Crippen molar-refractivity contribution in [2.45, 2.75) is 0 Å². The van der Waals surface area contributed by atoms with Crippen molar-refractivity contribution in [1.82, 2.24) is 5.32 Å². The first-order valence-electron chi connectivity index (χ1n) is 8.06. The topological polar surface area (TPSA) is 84.9 Å². The summed E-state index contributed by atoms with van der Waals surface area (Å²) in [6, 6.07) is 12.0. The molecule has 0 aliphatic heterocycles. The van der Waals surface area contributed by atoms with Gasteiger partial charge in [-0.2, -0.15) is 0 Å². The van der Waals surface area contributed by atoms with Gasteiger partial charge in [-0.25, -0.2) is 12.8 Å². The summed E-state index contributed by atoms with van der Waals surface area (Å²) >= 11 is 0. The number of methoxy groups -OCH3 is 1. The summed E-state index contributed by atoms with van der Waals surface area (Å²) in [6.07, 6.45) is 0.956. The van der Waals surface area contributed by atoms with Crippen LogP contribution < -0.4 is 19.1 Å². The molecule has 27 heavy (non-hydrogen) atoms. The van der Waals surface area contributed by atoms with Gasteiger partial charge in [-0.05, 0) is 42.5 Å². The maximum Gasteiger partial charge on any atom is 0.240 e. The van der Waals surface area contributed by atoms with E-state index in [0.29, 0.717) is 11.5 Å². The number of hydrogen-bond acceptors (Lipinski definition) is 5. The highest BCUT2D eigenvalue weighted by Gasteiger charge is 2.21. The molecule has 2 aromatic carbocycles. The Morgan fingerprint density at radius 3 is 2.41 bits per heavy atom. The summed E-state index contributed by atoms with van der Waals surface area (Å²) in [5, 5.41) is 2.57. The predicted molar refractivity (Wildman–Crippen MR) is 100 cm³/mol. The number of benzene rings is 2. The Labute approximate surface area is 157 Å². The van der Waals surface area contributed by atoms with Gasteiger partial charge in [0.25, 0.3) is 0 Å². The molecule has 0 spiro atoms. The largest absolute Gasteiger partial charge is 0.497 e. The van der Waals surface area contributed by atoms with Crippen LogP contribution in [0.1, 0.15) is 0 Å². The van der Waals surface area contributed by atoms with Crippen LogP contribution >= 0.6 is 0 Å². The van der Waals surface area contributed by atoms with E-state index in [1.165, 1.54) is 18.2 Å². The first-order chi connectivity index (χ1) is 12.8. The lowest BCUT2D eigenvalue weighted by Gasteiger charge is -2.21. The lowest BCUT2D eigenvalue weighted by atomic mass is 10.3. The van der Waals surface area contributed by atoms with Gasteiger partial charge < -0.3 is 14.8 Å². The van der Waals surface area contributed by atoms with Crippen molar-refractivity contribution in [2.75, 3.05) is 37.4 Å². The summed E-state index contributed by atoms with van der Waals surface area (Å²) in [4.78, 5) is 12.1. The molecule has 0 aliphatic rings. The van der Waals surface area contributed by atoms with Crippen LogP contribution in [-0.2, 0) is 14.8 Å². The Kier molecular flexibility index (Phi) is 7.00. The highest BCUT2D eigenvalue weighted by atomic mass is 32.2. The van der Waals surface area contributed by atoms with Crippen molar-refractivity contribution in [1.29, 1.82) is 0 Å². The molecule has 9 heteroatoms. The van der Waals surface area contributed by atoms with E-state index in [4.69, 9.17) is 9.47 Å². The van der Waals surface area contributed by atoms with Crippen molar-refractivity contribution in [3.63, 3.8) is 0 Å². The molecule has 0 fully saturated rings. The van der Waals surface area contributed by atoms with Gasteiger partial charge in [0.05, 0.1) is 25.6 Å². The highest BCUT2D eigenvalue weighted by molar-refractivity contribution is 7.92. The van der Waals surface area contributed by atoms with E-state index in [2.05, 4.69) is 5.32 Å². The Bertz CT molecular complexity index is 872. The number of halogens is 1. The Hall–Kier alpha value is -2.81. The number of carbonyl (C=O) groups is 1. The summed E-state index contributed by atoms with van der Waals surface area (Å²) in [5.41, 5.74) is 0.0853. The molecule has 0 unspecified atom stereocenters. The molecule has 0 bridgehead atoms. The molecule has 0 atom stereocenters. The molecule has 1 N–H and O–H groups in total. The van der Waals surface area contributed by atoms with E-state index in [9.17, 15) is 17.6 Å². The minimum absolute atomic E-state index is 0.0853. The molecule has 0 heterocycles. The minimum Gasteiger partial charge on any atom is -0.497 e. The number of hydrogen-bond donors (Lipinski definition) is 1. The van der Waals surface area contributed by atoms with Crippen molar-refractivity contribution in [3.05, 3.63) is 54.3 Å². The zero-order valence-corrected chi connectivity index (χ0v) is 15.8. The SMILES string of the molecule is COc1ccc(OCCNC(=O)CN(c2cccc(F)c2)S(C)(=O)=O)cc1. The van der Waals surface area contributed by atoms with Crippen LogP contribution in [0.3, 0.4) is 0 Å². The summed E-state index contributed by atoms with van der Waals surface area (Å²) < 4.78 is 48.6. The summed E-state index contributed by atoms with van der Waals surface area (Å²) in [5.74, 6) is 0.203. The molecule has 0 saturated heterocycles. The molecule has 2 aromatic rings. The monoisotopic (exact) mass is 396 g/mol. The predicted octanol–water partition coefficient (Wildman–Crippen LogP) is 1.80. The van der Waals surface area contributed by atoms with Crippen LogP contribution in [0.4, 0.5) is 10.1 Å². The van der Waals surface area contributed by atoms with E-state index in [1.54, 1.807) is 31.4 Å². The van der Waals surface area contributed by atoms with E-state index in [-0.39, 0.29) is 18.8 Å².